The summed E-state index contributed by atoms with van der Waals surface area (Å²) < 4.78 is 19.0. The third kappa shape index (κ3) is 6.58. The summed E-state index contributed by atoms with van der Waals surface area (Å²) in [5.74, 6) is -0.220. The Bertz CT molecular complexity index is 1130. The van der Waals surface area contributed by atoms with E-state index in [1.807, 2.05) is 20.8 Å². The monoisotopic (exact) mass is 514 g/mol. The quantitative estimate of drug-likeness (QED) is 0.279. The number of rotatable bonds is 9. The number of carbonyl (C=O) groups is 2. The summed E-state index contributed by atoms with van der Waals surface area (Å²) in [4.78, 5) is 29.9. The number of hydrogen-bond acceptors (Lipinski definition) is 4. The predicted octanol–water partition coefficient (Wildman–Crippen LogP) is 6.62. The lowest BCUT2D eigenvalue weighted by Gasteiger charge is -2.28. The molecule has 2 aromatic rings. The summed E-state index contributed by atoms with van der Waals surface area (Å²) >= 11 is 6.17. The molecule has 0 fully saturated rings. The van der Waals surface area contributed by atoms with Crippen molar-refractivity contribution in [2.45, 2.75) is 71.3 Å². The number of aryl methyl sites for hydroxylation is 1. The van der Waals surface area contributed by atoms with Gasteiger partial charge in [0.15, 0.2) is 5.78 Å². The number of unbranched alkanes of at least 4 members (excludes halogenated alkanes) is 1. The minimum Gasteiger partial charge on any atom is -0.444 e. The van der Waals surface area contributed by atoms with Gasteiger partial charge in [0, 0.05) is 48.9 Å². The van der Waals surface area contributed by atoms with Crippen molar-refractivity contribution < 1.29 is 18.7 Å². The topological polar surface area (TPSA) is 49.9 Å². The zero-order valence-electron chi connectivity index (χ0n) is 21.5. The van der Waals surface area contributed by atoms with Crippen LogP contribution in [0.1, 0.15) is 73.5 Å². The number of nitrogens with zero attached hydrogens (tertiary/aromatic N) is 2. The summed E-state index contributed by atoms with van der Waals surface area (Å²) in [6.45, 7) is 8.56. The molecular formula is C29H36ClFN2O3. The molecule has 1 amide bonds. The lowest BCUT2D eigenvalue weighted by molar-refractivity contribution is 0.0249. The van der Waals surface area contributed by atoms with Gasteiger partial charge in [-0.25, -0.2) is 9.18 Å². The zero-order chi connectivity index (χ0) is 25.9. The van der Waals surface area contributed by atoms with Crippen LogP contribution in [0.5, 0.6) is 0 Å². The van der Waals surface area contributed by atoms with Gasteiger partial charge in [-0.2, -0.15) is 0 Å². The molecule has 0 saturated carbocycles. The first-order valence-corrected chi connectivity index (χ1v) is 13.3. The number of ketones is 1. The van der Waals surface area contributed by atoms with Gasteiger partial charge in [-0.3, -0.25) is 4.79 Å². The van der Waals surface area contributed by atoms with Gasteiger partial charge in [0.25, 0.3) is 0 Å². The number of anilines is 1. The first-order valence-electron chi connectivity index (χ1n) is 13.0. The maximum Gasteiger partial charge on any atom is 0.410 e. The molecule has 7 heteroatoms. The van der Waals surface area contributed by atoms with E-state index >= 15 is 0 Å². The molecule has 4 rings (SSSR count). The maximum absolute atomic E-state index is 13.4. The summed E-state index contributed by atoms with van der Waals surface area (Å²) in [6, 6.07) is 8.48. The third-order valence-electron chi connectivity index (χ3n) is 6.83. The molecule has 2 aliphatic heterocycles. The van der Waals surface area contributed by atoms with Gasteiger partial charge < -0.3 is 14.5 Å². The lowest BCUT2D eigenvalue weighted by atomic mass is 9.94. The van der Waals surface area contributed by atoms with Gasteiger partial charge in [0.05, 0.1) is 0 Å². The normalized spacial score (nSPS) is 14.5. The van der Waals surface area contributed by atoms with E-state index in [4.69, 9.17) is 16.3 Å². The molecule has 0 saturated heterocycles. The highest BCUT2D eigenvalue weighted by Gasteiger charge is 2.27. The number of hydrogen-bond donors (Lipinski definition) is 0. The van der Waals surface area contributed by atoms with Crippen LogP contribution in [0.3, 0.4) is 0 Å². The Balaban J connectivity index is 1.33. The van der Waals surface area contributed by atoms with Gasteiger partial charge in [-0.15, -0.1) is 0 Å². The summed E-state index contributed by atoms with van der Waals surface area (Å²) in [5, 5.41) is 0.348. The third-order valence-corrected chi connectivity index (χ3v) is 7.18. The van der Waals surface area contributed by atoms with Gasteiger partial charge >= 0.3 is 6.09 Å². The van der Waals surface area contributed by atoms with E-state index in [9.17, 15) is 14.0 Å². The predicted molar refractivity (Wildman–Crippen MR) is 142 cm³/mol. The van der Waals surface area contributed by atoms with Gasteiger partial charge in [-0.1, -0.05) is 17.7 Å². The molecular weight excluding hydrogens is 479 g/mol. The molecule has 0 unspecified atom stereocenters. The second kappa shape index (κ2) is 11.2. The number of ether oxygens (including phenoxy) is 1. The molecule has 2 aromatic carbocycles. The SMILES string of the molecule is CC(C)(C)OC(=O)N(CCCCC(=O)c1cc2c3c(c1)CCN3CCC2)CCc1ccc(F)cc1Cl. The highest BCUT2D eigenvalue weighted by molar-refractivity contribution is 6.31. The average Bonchev–Trinajstić information content (AvgIpc) is 3.22. The number of amides is 1. The van der Waals surface area contributed by atoms with Crippen molar-refractivity contribution in [3.05, 3.63) is 63.4 Å². The van der Waals surface area contributed by atoms with Gasteiger partial charge in [0.2, 0.25) is 0 Å². The smallest absolute Gasteiger partial charge is 0.410 e. The van der Waals surface area contributed by atoms with Gasteiger partial charge in [0.1, 0.15) is 11.4 Å². The van der Waals surface area contributed by atoms with Crippen LogP contribution in [0.2, 0.25) is 5.02 Å². The lowest BCUT2D eigenvalue weighted by Crippen LogP contribution is -2.38. The molecule has 0 atom stereocenters. The summed E-state index contributed by atoms with van der Waals surface area (Å²) in [6.07, 6.45) is 5.14. The number of halogens is 2. The fraction of sp³-hybridized carbons (Fsp3) is 0.517. The first kappa shape index (κ1) is 26.5. The minimum atomic E-state index is -0.609. The van der Waals surface area contributed by atoms with Crippen molar-refractivity contribution in [3.8, 4) is 0 Å². The van der Waals surface area contributed by atoms with E-state index in [1.165, 1.54) is 28.9 Å². The van der Waals surface area contributed by atoms with E-state index in [1.54, 1.807) is 11.0 Å². The molecule has 36 heavy (non-hydrogen) atoms. The van der Waals surface area contributed by atoms with E-state index in [-0.39, 0.29) is 11.6 Å². The van der Waals surface area contributed by atoms with Crippen LogP contribution in [-0.4, -0.2) is 48.6 Å². The molecule has 2 heterocycles. The highest BCUT2D eigenvalue weighted by Crippen LogP contribution is 2.37. The Kier molecular flexibility index (Phi) is 8.23. The fourth-order valence-electron chi connectivity index (χ4n) is 5.09. The Morgan fingerprint density at radius 1 is 1.06 bits per heavy atom. The number of benzene rings is 2. The molecule has 0 spiro atoms. The second-order valence-electron chi connectivity index (χ2n) is 10.8. The van der Waals surface area contributed by atoms with Crippen molar-refractivity contribution in [3.63, 3.8) is 0 Å². The van der Waals surface area contributed by atoms with Crippen LogP contribution in [0.15, 0.2) is 30.3 Å². The largest absolute Gasteiger partial charge is 0.444 e. The van der Waals surface area contributed by atoms with E-state index < -0.39 is 11.7 Å². The van der Waals surface area contributed by atoms with E-state index in [0.717, 1.165) is 43.5 Å². The highest BCUT2D eigenvalue weighted by atomic mass is 35.5. The van der Waals surface area contributed by atoms with Crippen molar-refractivity contribution in [2.24, 2.45) is 0 Å². The summed E-state index contributed by atoms with van der Waals surface area (Å²) in [7, 11) is 0. The van der Waals surface area contributed by atoms with Crippen molar-refractivity contribution in [1.82, 2.24) is 4.90 Å². The van der Waals surface area contributed by atoms with Crippen LogP contribution in [0.25, 0.3) is 0 Å². The molecule has 0 radical (unpaired) electrons. The van der Waals surface area contributed by atoms with Crippen LogP contribution < -0.4 is 4.90 Å². The minimum absolute atomic E-state index is 0.167. The molecule has 2 aliphatic rings. The van der Waals surface area contributed by atoms with Crippen LogP contribution >= 0.6 is 11.6 Å². The zero-order valence-corrected chi connectivity index (χ0v) is 22.3. The Labute approximate surface area is 218 Å². The van der Waals surface area contributed by atoms with Crippen LogP contribution in [0, 0.1) is 5.82 Å². The van der Waals surface area contributed by atoms with Crippen LogP contribution in [0.4, 0.5) is 14.9 Å². The van der Waals surface area contributed by atoms with Crippen molar-refractivity contribution >= 4 is 29.2 Å². The standard InChI is InChI=1S/C29H36ClFN2O3/c1-29(2,3)36-28(35)33(16-11-20-9-10-24(31)19-25(20)30)13-5-4-8-26(34)23-17-21-7-6-14-32-15-12-22(18-23)27(21)32/h9-10,17-19H,4-8,11-16H2,1-3H3. The maximum atomic E-state index is 13.4. The number of carbonyl (C=O) groups excluding carboxylic acids is 2. The molecule has 0 aliphatic carbocycles. The van der Waals surface area contributed by atoms with E-state index in [0.29, 0.717) is 43.8 Å². The number of Topliss-reactive ketones (excluding diaryl/α,β-unsaturated/α-hetero) is 1. The van der Waals surface area contributed by atoms with E-state index in [2.05, 4.69) is 17.0 Å². The molecule has 0 N–H and O–H groups in total. The Morgan fingerprint density at radius 3 is 2.53 bits per heavy atom. The molecule has 5 nitrogen and oxygen atoms in total. The Morgan fingerprint density at radius 2 is 1.81 bits per heavy atom. The second-order valence-corrected chi connectivity index (χ2v) is 11.2. The fourth-order valence-corrected chi connectivity index (χ4v) is 5.35. The van der Waals surface area contributed by atoms with Crippen molar-refractivity contribution in [1.29, 1.82) is 0 Å². The molecule has 194 valence electrons. The molecule has 0 aromatic heterocycles. The van der Waals surface area contributed by atoms with Crippen LogP contribution in [-0.2, 0) is 24.0 Å². The average molecular weight is 515 g/mol. The summed E-state index contributed by atoms with van der Waals surface area (Å²) in [5.41, 5.74) is 4.99. The van der Waals surface area contributed by atoms with Gasteiger partial charge in [-0.05, 0) is 100 Å². The van der Waals surface area contributed by atoms with Crippen molar-refractivity contribution in [2.75, 3.05) is 31.1 Å². The first-order chi connectivity index (χ1) is 17.1. The molecule has 0 bridgehead atoms. The Hall–Kier alpha value is -2.60.